The van der Waals surface area contributed by atoms with Gasteiger partial charge in [0, 0.05) is 11.6 Å². The maximum Gasteiger partial charge on any atom is 0.166 e. The molecule has 0 amide bonds. The normalized spacial score (nSPS) is 10.1. The molecule has 0 aliphatic heterocycles. The Morgan fingerprint density at radius 3 is 2.42 bits per heavy atom. The molecule has 1 heterocycles. The zero-order chi connectivity index (χ0) is 8.39. The topological polar surface area (TPSA) is 26.0 Å². The van der Waals surface area contributed by atoms with Gasteiger partial charge in [0.25, 0.3) is 0 Å². The molecule has 0 saturated heterocycles. The highest BCUT2D eigenvalue weighted by atomic mass is 19.1. The van der Waals surface area contributed by atoms with Gasteiger partial charge >= 0.3 is 0 Å². The van der Waals surface area contributed by atoms with Crippen LogP contribution in [0.25, 0.3) is 11.3 Å². The lowest BCUT2D eigenvalue weighted by Gasteiger charge is -1.93. The molecule has 0 fully saturated rings. The Balaban J connectivity index is 2.43. The van der Waals surface area contributed by atoms with Gasteiger partial charge in [0.2, 0.25) is 0 Å². The molecule has 1 aromatic carbocycles. The SMILES string of the molecule is Fc1ccc(-c2ccno2)cc1. The molecular formula is C9H6FNO. The fraction of sp³-hybridized carbons (Fsp3) is 0. The second-order valence-electron chi connectivity index (χ2n) is 2.38. The predicted octanol–water partition coefficient (Wildman–Crippen LogP) is 2.48. The van der Waals surface area contributed by atoms with E-state index in [1.807, 2.05) is 0 Å². The van der Waals surface area contributed by atoms with Crippen LogP contribution in [0, 0.1) is 5.82 Å². The predicted molar refractivity (Wildman–Crippen MR) is 41.9 cm³/mol. The third kappa shape index (κ3) is 1.21. The van der Waals surface area contributed by atoms with Crippen LogP contribution in [-0.2, 0) is 0 Å². The molecule has 60 valence electrons. The number of halogens is 1. The second kappa shape index (κ2) is 2.77. The Hall–Kier alpha value is -1.64. The summed E-state index contributed by atoms with van der Waals surface area (Å²) in [6.45, 7) is 0. The van der Waals surface area contributed by atoms with Gasteiger partial charge in [-0.25, -0.2) is 4.39 Å². The average Bonchev–Trinajstić information content (AvgIpc) is 2.58. The van der Waals surface area contributed by atoms with Crippen LogP contribution in [0.2, 0.25) is 0 Å². The summed E-state index contributed by atoms with van der Waals surface area (Å²) in [6.07, 6.45) is 1.55. The van der Waals surface area contributed by atoms with E-state index < -0.39 is 0 Å². The Labute approximate surface area is 68.6 Å². The van der Waals surface area contributed by atoms with Crippen molar-refractivity contribution in [2.45, 2.75) is 0 Å². The summed E-state index contributed by atoms with van der Waals surface area (Å²) in [4.78, 5) is 0. The maximum absolute atomic E-state index is 12.5. The molecule has 0 bridgehead atoms. The molecule has 0 aliphatic carbocycles. The van der Waals surface area contributed by atoms with Crippen molar-refractivity contribution in [3.63, 3.8) is 0 Å². The summed E-state index contributed by atoms with van der Waals surface area (Å²) in [5.74, 6) is 0.397. The monoisotopic (exact) mass is 163 g/mol. The highest BCUT2D eigenvalue weighted by molar-refractivity contribution is 5.55. The minimum atomic E-state index is -0.252. The van der Waals surface area contributed by atoms with Crippen LogP contribution in [0.3, 0.4) is 0 Å². The van der Waals surface area contributed by atoms with Gasteiger partial charge in [-0.3, -0.25) is 0 Å². The summed E-state index contributed by atoms with van der Waals surface area (Å²) in [6, 6.07) is 7.80. The molecule has 2 rings (SSSR count). The van der Waals surface area contributed by atoms with Gasteiger partial charge < -0.3 is 4.52 Å². The van der Waals surface area contributed by atoms with Crippen molar-refractivity contribution < 1.29 is 8.91 Å². The number of rotatable bonds is 1. The third-order valence-corrected chi connectivity index (χ3v) is 1.57. The van der Waals surface area contributed by atoms with Crippen LogP contribution in [0.1, 0.15) is 0 Å². The van der Waals surface area contributed by atoms with Crippen molar-refractivity contribution in [3.05, 3.63) is 42.3 Å². The molecule has 0 spiro atoms. The molecular weight excluding hydrogens is 157 g/mol. The summed E-state index contributed by atoms with van der Waals surface area (Å²) >= 11 is 0. The number of benzene rings is 1. The zero-order valence-corrected chi connectivity index (χ0v) is 6.20. The molecule has 0 aliphatic rings. The van der Waals surface area contributed by atoms with Crippen LogP contribution < -0.4 is 0 Å². The first-order valence-corrected chi connectivity index (χ1v) is 3.53. The lowest BCUT2D eigenvalue weighted by molar-refractivity contribution is 0.432. The van der Waals surface area contributed by atoms with Crippen molar-refractivity contribution in [2.24, 2.45) is 0 Å². The van der Waals surface area contributed by atoms with E-state index in [2.05, 4.69) is 5.16 Å². The first kappa shape index (κ1) is 7.03. The van der Waals surface area contributed by atoms with Crippen molar-refractivity contribution >= 4 is 0 Å². The highest BCUT2D eigenvalue weighted by Crippen LogP contribution is 2.17. The van der Waals surface area contributed by atoms with Crippen LogP contribution in [0.5, 0.6) is 0 Å². The lowest BCUT2D eigenvalue weighted by Crippen LogP contribution is -1.74. The molecule has 3 heteroatoms. The van der Waals surface area contributed by atoms with Crippen molar-refractivity contribution in [1.29, 1.82) is 0 Å². The van der Waals surface area contributed by atoms with E-state index in [9.17, 15) is 4.39 Å². The van der Waals surface area contributed by atoms with Crippen LogP contribution in [0.4, 0.5) is 4.39 Å². The van der Waals surface area contributed by atoms with Gasteiger partial charge in [-0.05, 0) is 24.3 Å². The number of nitrogens with zero attached hydrogens (tertiary/aromatic N) is 1. The molecule has 2 nitrogen and oxygen atoms in total. The van der Waals surface area contributed by atoms with Gasteiger partial charge in [-0.1, -0.05) is 5.16 Å². The smallest absolute Gasteiger partial charge is 0.166 e. The molecule has 0 unspecified atom stereocenters. The standard InChI is InChI=1S/C9H6FNO/c10-8-3-1-7(2-4-8)9-5-6-11-12-9/h1-6H. The van der Waals surface area contributed by atoms with Gasteiger partial charge in [0.15, 0.2) is 5.76 Å². The summed E-state index contributed by atoms with van der Waals surface area (Å²) in [7, 11) is 0. The zero-order valence-electron chi connectivity index (χ0n) is 6.20. The Morgan fingerprint density at radius 1 is 1.08 bits per heavy atom. The van der Waals surface area contributed by atoms with Gasteiger partial charge in [0.1, 0.15) is 5.82 Å². The van der Waals surface area contributed by atoms with Crippen LogP contribution in [-0.4, -0.2) is 5.16 Å². The van der Waals surface area contributed by atoms with Crippen molar-refractivity contribution in [1.82, 2.24) is 5.16 Å². The number of hydrogen-bond acceptors (Lipinski definition) is 2. The molecule has 0 N–H and O–H groups in total. The molecule has 0 radical (unpaired) electrons. The Kier molecular flexibility index (Phi) is 1.63. The molecule has 1 aromatic heterocycles. The average molecular weight is 163 g/mol. The first-order valence-electron chi connectivity index (χ1n) is 3.53. The quantitative estimate of drug-likeness (QED) is 0.645. The molecule has 2 aromatic rings. The maximum atomic E-state index is 12.5. The Bertz CT molecular complexity index is 353. The van der Waals surface area contributed by atoms with E-state index in [-0.39, 0.29) is 5.82 Å². The molecule has 12 heavy (non-hydrogen) atoms. The van der Waals surface area contributed by atoms with E-state index in [0.717, 1.165) is 5.56 Å². The van der Waals surface area contributed by atoms with Crippen molar-refractivity contribution in [3.8, 4) is 11.3 Å². The summed E-state index contributed by atoms with van der Waals surface area (Å²) < 4.78 is 17.4. The lowest BCUT2D eigenvalue weighted by atomic mass is 10.2. The van der Waals surface area contributed by atoms with E-state index in [1.165, 1.54) is 12.1 Å². The number of aromatic nitrogens is 1. The fourth-order valence-electron chi connectivity index (χ4n) is 0.979. The first-order chi connectivity index (χ1) is 5.86. The largest absolute Gasteiger partial charge is 0.356 e. The summed E-state index contributed by atoms with van der Waals surface area (Å²) in [5, 5.41) is 3.55. The van der Waals surface area contributed by atoms with Gasteiger partial charge in [-0.15, -0.1) is 0 Å². The van der Waals surface area contributed by atoms with E-state index in [0.29, 0.717) is 5.76 Å². The summed E-state index contributed by atoms with van der Waals surface area (Å²) in [5.41, 5.74) is 0.828. The minimum absolute atomic E-state index is 0.252. The molecule has 0 saturated carbocycles. The minimum Gasteiger partial charge on any atom is -0.356 e. The van der Waals surface area contributed by atoms with Crippen LogP contribution in [0.15, 0.2) is 41.1 Å². The Morgan fingerprint density at radius 2 is 1.83 bits per heavy atom. The van der Waals surface area contributed by atoms with E-state index >= 15 is 0 Å². The van der Waals surface area contributed by atoms with Gasteiger partial charge in [-0.2, -0.15) is 0 Å². The van der Waals surface area contributed by atoms with Crippen molar-refractivity contribution in [2.75, 3.05) is 0 Å². The number of hydrogen-bond donors (Lipinski definition) is 0. The molecule has 0 atom stereocenters. The van der Waals surface area contributed by atoms with Crippen LogP contribution >= 0.6 is 0 Å². The van der Waals surface area contributed by atoms with Gasteiger partial charge in [0.05, 0.1) is 6.20 Å². The fourth-order valence-corrected chi connectivity index (χ4v) is 0.979. The van der Waals surface area contributed by atoms with E-state index in [4.69, 9.17) is 4.52 Å². The third-order valence-electron chi connectivity index (χ3n) is 1.57. The second-order valence-corrected chi connectivity index (χ2v) is 2.38. The highest BCUT2D eigenvalue weighted by Gasteiger charge is 2.00. The van der Waals surface area contributed by atoms with E-state index in [1.54, 1.807) is 24.4 Å².